The second-order valence-electron chi connectivity index (χ2n) is 1.54. The van der Waals surface area contributed by atoms with Gasteiger partial charge in [0.25, 0.3) is 0 Å². The molecule has 62 valence electrons. The first-order chi connectivity index (χ1) is 3.80. The van der Waals surface area contributed by atoms with Crippen molar-refractivity contribution in [3.8, 4) is 0 Å². The minimum Gasteiger partial charge on any atom is -0.479 e. The van der Waals surface area contributed by atoms with E-state index in [1.165, 1.54) is 11.8 Å². The van der Waals surface area contributed by atoms with E-state index in [2.05, 4.69) is 5.32 Å². The van der Waals surface area contributed by atoms with Crippen LogP contribution in [0.1, 0.15) is 0 Å². The number of thioether (sulfide) groups is 1. The highest BCUT2D eigenvalue weighted by Crippen LogP contribution is 2.12. The SMILES string of the molecule is Cl.O.O=C(O)C1NCCS1. The van der Waals surface area contributed by atoms with Crippen LogP contribution >= 0.6 is 24.2 Å². The Morgan fingerprint density at radius 2 is 2.30 bits per heavy atom. The van der Waals surface area contributed by atoms with Crippen LogP contribution in [-0.4, -0.2) is 34.2 Å². The quantitative estimate of drug-likeness (QED) is 0.571. The van der Waals surface area contributed by atoms with Crippen LogP contribution in [0, 0.1) is 0 Å². The van der Waals surface area contributed by atoms with Gasteiger partial charge in [-0.2, -0.15) is 0 Å². The lowest BCUT2D eigenvalue weighted by Crippen LogP contribution is -2.27. The van der Waals surface area contributed by atoms with Crippen molar-refractivity contribution >= 4 is 30.1 Å². The molecule has 1 unspecified atom stereocenters. The Balaban J connectivity index is 0. The van der Waals surface area contributed by atoms with Crippen molar-refractivity contribution in [3.05, 3.63) is 0 Å². The number of halogens is 1. The van der Waals surface area contributed by atoms with Gasteiger partial charge >= 0.3 is 5.97 Å². The van der Waals surface area contributed by atoms with Gasteiger partial charge in [-0.05, 0) is 0 Å². The Morgan fingerprint density at radius 1 is 1.70 bits per heavy atom. The standard InChI is InChI=1S/C4H7NO2S.ClH.H2O/c6-4(7)3-5-1-2-8-3;;/h3,5H,1-2H2,(H,6,7);1H;1H2. The highest BCUT2D eigenvalue weighted by Gasteiger charge is 2.20. The number of rotatable bonds is 1. The van der Waals surface area contributed by atoms with Crippen LogP contribution in [0.15, 0.2) is 0 Å². The highest BCUT2D eigenvalue weighted by molar-refractivity contribution is 8.00. The molecule has 1 fully saturated rings. The molecule has 1 rings (SSSR count). The molecular weight excluding hydrogens is 178 g/mol. The van der Waals surface area contributed by atoms with Gasteiger partial charge in [0.1, 0.15) is 0 Å². The van der Waals surface area contributed by atoms with E-state index in [1.54, 1.807) is 0 Å². The lowest BCUT2D eigenvalue weighted by atomic mass is 10.6. The number of nitrogens with one attached hydrogen (secondary N) is 1. The lowest BCUT2D eigenvalue weighted by Gasteiger charge is -1.98. The molecule has 0 aromatic carbocycles. The molecule has 0 amide bonds. The van der Waals surface area contributed by atoms with E-state index < -0.39 is 5.97 Å². The summed E-state index contributed by atoms with van der Waals surface area (Å²) in [6.07, 6.45) is 0. The van der Waals surface area contributed by atoms with Crippen LogP contribution in [0.25, 0.3) is 0 Å². The zero-order chi connectivity index (χ0) is 5.98. The van der Waals surface area contributed by atoms with E-state index in [1.807, 2.05) is 0 Å². The summed E-state index contributed by atoms with van der Waals surface area (Å²) in [5.41, 5.74) is 0. The Kier molecular flexibility index (Phi) is 7.34. The molecule has 0 aromatic heterocycles. The number of carbonyl (C=O) groups is 1. The summed E-state index contributed by atoms with van der Waals surface area (Å²) in [4.78, 5) is 10.1. The van der Waals surface area contributed by atoms with Gasteiger partial charge < -0.3 is 10.6 Å². The molecule has 4 N–H and O–H groups in total. The third-order valence-electron chi connectivity index (χ3n) is 0.941. The zero-order valence-electron chi connectivity index (χ0n) is 5.16. The summed E-state index contributed by atoms with van der Waals surface area (Å²) in [6.45, 7) is 0.821. The summed E-state index contributed by atoms with van der Waals surface area (Å²) in [5.74, 6) is 0.157. The number of hydrogen-bond donors (Lipinski definition) is 2. The van der Waals surface area contributed by atoms with Crippen molar-refractivity contribution in [2.45, 2.75) is 5.37 Å². The summed E-state index contributed by atoms with van der Waals surface area (Å²) < 4.78 is 0. The molecule has 1 aliphatic rings. The van der Waals surface area contributed by atoms with E-state index in [0.717, 1.165) is 12.3 Å². The maximum absolute atomic E-state index is 10.1. The zero-order valence-corrected chi connectivity index (χ0v) is 6.80. The minimum atomic E-state index is -0.757. The van der Waals surface area contributed by atoms with Crippen LogP contribution in [0.2, 0.25) is 0 Å². The minimum absolute atomic E-state index is 0. The smallest absolute Gasteiger partial charge is 0.331 e. The normalized spacial score (nSPS) is 22.6. The van der Waals surface area contributed by atoms with E-state index in [4.69, 9.17) is 5.11 Å². The molecule has 0 aliphatic carbocycles. The second kappa shape index (κ2) is 5.79. The maximum atomic E-state index is 10.1. The summed E-state index contributed by atoms with van der Waals surface area (Å²) >= 11 is 1.44. The van der Waals surface area contributed by atoms with Gasteiger partial charge in [-0.15, -0.1) is 24.2 Å². The van der Waals surface area contributed by atoms with Gasteiger partial charge in [0.05, 0.1) is 0 Å². The number of hydrogen-bond acceptors (Lipinski definition) is 3. The number of carboxylic acid groups (broad SMARTS) is 1. The van der Waals surface area contributed by atoms with Crippen LogP contribution in [0.3, 0.4) is 0 Å². The summed E-state index contributed by atoms with van der Waals surface area (Å²) in [7, 11) is 0. The third kappa shape index (κ3) is 3.26. The van der Waals surface area contributed by atoms with Crippen molar-refractivity contribution in [1.29, 1.82) is 0 Å². The predicted octanol–water partition coefficient (Wildman–Crippen LogP) is -0.669. The van der Waals surface area contributed by atoms with Crippen molar-refractivity contribution < 1.29 is 15.4 Å². The predicted molar refractivity (Wildman–Crippen MR) is 42.7 cm³/mol. The van der Waals surface area contributed by atoms with E-state index in [9.17, 15) is 4.79 Å². The van der Waals surface area contributed by atoms with Crippen molar-refractivity contribution in [1.82, 2.24) is 5.32 Å². The third-order valence-corrected chi connectivity index (χ3v) is 2.08. The van der Waals surface area contributed by atoms with Gasteiger partial charge in [-0.3, -0.25) is 5.32 Å². The highest BCUT2D eigenvalue weighted by atomic mass is 35.5. The first-order valence-electron chi connectivity index (χ1n) is 2.38. The number of carboxylic acids is 1. The number of aliphatic carboxylic acids is 1. The average molecular weight is 188 g/mol. The van der Waals surface area contributed by atoms with E-state index >= 15 is 0 Å². The van der Waals surface area contributed by atoms with Crippen LogP contribution in [0.5, 0.6) is 0 Å². The molecule has 0 bridgehead atoms. The van der Waals surface area contributed by atoms with Crippen molar-refractivity contribution in [2.75, 3.05) is 12.3 Å². The molecule has 10 heavy (non-hydrogen) atoms. The molecule has 0 saturated carbocycles. The van der Waals surface area contributed by atoms with E-state index in [0.29, 0.717) is 0 Å². The molecule has 1 aliphatic heterocycles. The van der Waals surface area contributed by atoms with Crippen LogP contribution in [-0.2, 0) is 4.79 Å². The lowest BCUT2D eigenvalue weighted by molar-refractivity contribution is -0.136. The summed E-state index contributed by atoms with van der Waals surface area (Å²) in [6, 6.07) is 0. The monoisotopic (exact) mass is 187 g/mol. The molecule has 4 nitrogen and oxygen atoms in total. The van der Waals surface area contributed by atoms with Gasteiger partial charge in [0.15, 0.2) is 5.37 Å². The Morgan fingerprint density at radius 3 is 2.50 bits per heavy atom. The van der Waals surface area contributed by atoms with Gasteiger partial charge in [0.2, 0.25) is 0 Å². The maximum Gasteiger partial charge on any atom is 0.331 e. The topological polar surface area (TPSA) is 80.8 Å². The van der Waals surface area contributed by atoms with Gasteiger partial charge in [-0.25, -0.2) is 4.79 Å². The molecule has 0 spiro atoms. The second-order valence-corrected chi connectivity index (χ2v) is 2.76. The largest absolute Gasteiger partial charge is 0.479 e. The Labute approximate surface area is 69.1 Å². The molecule has 1 atom stereocenters. The van der Waals surface area contributed by atoms with Crippen molar-refractivity contribution in [2.24, 2.45) is 0 Å². The van der Waals surface area contributed by atoms with Crippen LogP contribution < -0.4 is 5.32 Å². The molecular formula is C4H10ClNO3S. The fourth-order valence-corrected chi connectivity index (χ4v) is 1.43. The summed E-state index contributed by atoms with van der Waals surface area (Å²) in [5, 5.41) is 10.8. The van der Waals surface area contributed by atoms with Crippen LogP contribution in [0.4, 0.5) is 0 Å². The molecule has 1 saturated heterocycles. The molecule has 1 heterocycles. The van der Waals surface area contributed by atoms with E-state index in [-0.39, 0.29) is 23.3 Å². The van der Waals surface area contributed by atoms with Gasteiger partial charge in [-0.1, -0.05) is 0 Å². The first-order valence-corrected chi connectivity index (χ1v) is 3.43. The molecule has 0 radical (unpaired) electrons. The molecule has 0 aromatic rings. The Hall–Kier alpha value is 0.0300. The van der Waals surface area contributed by atoms with Gasteiger partial charge in [0, 0.05) is 12.3 Å². The fraction of sp³-hybridized carbons (Fsp3) is 0.750. The Bertz CT molecular complexity index is 107. The fourth-order valence-electron chi connectivity index (χ4n) is 0.584. The molecule has 6 heteroatoms. The first kappa shape index (κ1) is 12.7. The van der Waals surface area contributed by atoms with Crippen molar-refractivity contribution in [3.63, 3.8) is 0 Å². The average Bonchev–Trinajstić information content (AvgIpc) is 2.12.